The van der Waals surface area contributed by atoms with Gasteiger partial charge in [-0.2, -0.15) is 0 Å². The van der Waals surface area contributed by atoms with Crippen LogP contribution in [0.15, 0.2) is 24.3 Å². The van der Waals surface area contributed by atoms with Gasteiger partial charge in [0.25, 0.3) is 0 Å². The van der Waals surface area contributed by atoms with Gasteiger partial charge in [0.2, 0.25) is 0 Å². The van der Waals surface area contributed by atoms with Gasteiger partial charge < -0.3 is 5.32 Å². The van der Waals surface area contributed by atoms with E-state index < -0.39 is 0 Å². The molecule has 1 heteroatoms. The predicted octanol–water partition coefficient (Wildman–Crippen LogP) is 1.83. The van der Waals surface area contributed by atoms with Crippen LogP contribution >= 0.6 is 0 Å². The Bertz CT molecular complexity index is 345. The van der Waals surface area contributed by atoms with Gasteiger partial charge in [0.1, 0.15) is 0 Å². The fourth-order valence-corrected chi connectivity index (χ4v) is 3.41. The monoisotopic (exact) mass is 202 g/mol. The first-order valence-corrected chi connectivity index (χ1v) is 6.36. The Hall–Kier alpha value is -0.820. The standard InChI is InChI=1S/C14H19N/c1-2-7-12-11(5-1)6-3-9-14-13(12)8-4-10-15-14/h1-2,5,7,13-15H,3-4,6,8-10H2/p+1/t13-,14-/m0/s1. The Balaban J connectivity index is 1.99. The Morgan fingerprint density at radius 2 is 2.00 bits per heavy atom. The summed E-state index contributed by atoms with van der Waals surface area (Å²) in [4.78, 5) is 0. The molecule has 1 aromatic rings. The molecular weight excluding hydrogens is 182 g/mol. The van der Waals surface area contributed by atoms with Gasteiger partial charge in [0.05, 0.1) is 12.6 Å². The lowest BCUT2D eigenvalue weighted by Crippen LogP contribution is -2.92. The van der Waals surface area contributed by atoms with Crippen LogP contribution in [0.3, 0.4) is 0 Å². The number of hydrogen-bond acceptors (Lipinski definition) is 0. The molecule has 1 fully saturated rings. The van der Waals surface area contributed by atoms with Gasteiger partial charge >= 0.3 is 0 Å². The molecule has 0 spiro atoms. The zero-order chi connectivity index (χ0) is 10.1. The number of fused-ring (bicyclic) bond motifs is 3. The smallest absolute Gasteiger partial charge is 0.0928 e. The highest BCUT2D eigenvalue weighted by Crippen LogP contribution is 2.33. The second kappa shape index (κ2) is 3.97. The van der Waals surface area contributed by atoms with Crippen LogP contribution in [0.4, 0.5) is 0 Å². The molecule has 2 aliphatic rings. The number of piperidine rings is 1. The summed E-state index contributed by atoms with van der Waals surface area (Å²) in [6, 6.07) is 10.0. The van der Waals surface area contributed by atoms with Gasteiger partial charge in [-0.1, -0.05) is 24.3 Å². The highest BCUT2D eigenvalue weighted by atomic mass is 14.9. The van der Waals surface area contributed by atoms with Crippen LogP contribution < -0.4 is 5.32 Å². The Morgan fingerprint density at radius 3 is 3.00 bits per heavy atom. The first kappa shape index (κ1) is 9.41. The van der Waals surface area contributed by atoms with Gasteiger partial charge in [-0.05, 0) is 36.8 Å². The quantitative estimate of drug-likeness (QED) is 0.661. The molecule has 1 nitrogen and oxygen atoms in total. The molecule has 0 saturated carbocycles. The molecule has 1 heterocycles. The first-order valence-electron chi connectivity index (χ1n) is 6.36. The molecule has 1 saturated heterocycles. The second-order valence-corrected chi connectivity index (χ2v) is 5.03. The minimum Gasteiger partial charge on any atom is -0.343 e. The van der Waals surface area contributed by atoms with Crippen molar-refractivity contribution in [2.24, 2.45) is 0 Å². The number of rotatable bonds is 0. The highest BCUT2D eigenvalue weighted by Gasteiger charge is 2.32. The molecule has 0 radical (unpaired) electrons. The molecular formula is C14H20N+. The van der Waals surface area contributed by atoms with Crippen LogP contribution in [-0.2, 0) is 6.42 Å². The van der Waals surface area contributed by atoms with Crippen molar-refractivity contribution in [3.05, 3.63) is 35.4 Å². The lowest BCUT2D eigenvalue weighted by Gasteiger charge is -2.29. The molecule has 2 N–H and O–H groups in total. The van der Waals surface area contributed by atoms with E-state index in [-0.39, 0.29) is 0 Å². The fraction of sp³-hybridized carbons (Fsp3) is 0.571. The van der Waals surface area contributed by atoms with E-state index in [4.69, 9.17) is 0 Å². The summed E-state index contributed by atoms with van der Waals surface area (Å²) in [6.45, 7) is 1.35. The van der Waals surface area contributed by atoms with Gasteiger partial charge in [0, 0.05) is 12.3 Å². The molecule has 15 heavy (non-hydrogen) atoms. The SMILES string of the molecule is c1ccc2c(c1)CCC[C@@H]1[NH2+]CCC[C@@H]21. The van der Waals surface area contributed by atoms with E-state index in [2.05, 4.69) is 29.6 Å². The van der Waals surface area contributed by atoms with Crippen LogP contribution in [0.1, 0.15) is 42.7 Å². The third-order valence-corrected chi connectivity index (χ3v) is 4.14. The zero-order valence-corrected chi connectivity index (χ0v) is 9.28. The van der Waals surface area contributed by atoms with Crippen LogP contribution in [0, 0.1) is 0 Å². The molecule has 1 aliphatic carbocycles. The van der Waals surface area contributed by atoms with Crippen molar-refractivity contribution in [1.29, 1.82) is 0 Å². The average molecular weight is 202 g/mol. The van der Waals surface area contributed by atoms with Gasteiger partial charge in [-0.25, -0.2) is 0 Å². The van der Waals surface area contributed by atoms with Crippen LogP contribution in [0.2, 0.25) is 0 Å². The first-order chi connectivity index (χ1) is 7.45. The maximum absolute atomic E-state index is 2.59. The fourth-order valence-electron chi connectivity index (χ4n) is 3.41. The number of aryl methyl sites for hydroxylation is 1. The molecule has 2 atom stereocenters. The van der Waals surface area contributed by atoms with Crippen LogP contribution in [0.25, 0.3) is 0 Å². The van der Waals surface area contributed by atoms with E-state index in [9.17, 15) is 0 Å². The van der Waals surface area contributed by atoms with Crippen molar-refractivity contribution in [2.75, 3.05) is 6.54 Å². The minimum atomic E-state index is 0.845. The van der Waals surface area contributed by atoms with Crippen molar-refractivity contribution < 1.29 is 5.32 Å². The third kappa shape index (κ3) is 1.69. The Kier molecular flexibility index (Phi) is 2.49. The molecule has 0 amide bonds. The summed E-state index contributed by atoms with van der Waals surface area (Å²) in [6.07, 6.45) is 6.92. The van der Waals surface area contributed by atoms with Crippen molar-refractivity contribution in [3.8, 4) is 0 Å². The summed E-state index contributed by atoms with van der Waals surface area (Å²) in [5.74, 6) is 0.845. The molecule has 80 valence electrons. The number of quaternary nitrogens is 1. The lowest BCUT2D eigenvalue weighted by molar-refractivity contribution is -0.700. The Morgan fingerprint density at radius 1 is 1.07 bits per heavy atom. The largest absolute Gasteiger partial charge is 0.343 e. The molecule has 0 bridgehead atoms. The summed E-state index contributed by atoms with van der Waals surface area (Å²) in [5.41, 5.74) is 3.29. The van der Waals surface area contributed by atoms with Crippen LogP contribution in [-0.4, -0.2) is 12.6 Å². The molecule has 1 aliphatic heterocycles. The predicted molar refractivity (Wildman–Crippen MR) is 61.9 cm³/mol. The molecule has 3 rings (SSSR count). The van der Waals surface area contributed by atoms with Gasteiger partial charge in [-0.3, -0.25) is 0 Å². The van der Waals surface area contributed by atoms with Crippen LogP contribution in [0.5, 0.6) is 0 Å². The van der Waals surface area contributed by atoms with Gasteiger partial charge in [-0.15, -0.1) is 0 Å². The van der Waals surface area contributed by atoms with E-state index in [1.54, 1.807) is 11.1 Å². The van der Waals surface area contributed by atoms with Crippen molar-refractivity contribution >= 4 is 0 Å². The summed E-state index contributed by atoms with van der Waals surface area (Å²) < 4.78 is 0. The Labute approximate surface area is 91.9 Å². The van der Waals surface area contributed by atoms with E-state index in [0.29, 0.717) is 0 Å². The highest BCUT2D eigenvalue weighted by molar-refractivity contribution is 5.32. The van der Waals surface area contributed by atoms with Crippen molar-refractivity contribution in [1.82, 2.24) is 0 Å². The molecule has 0 unspecified atom stereocenters. The number of benzene rings is 1. The summed E-state index contributed by atoms with van der Waals surface area (Å²) in [5, 5.41) is 2.59. The molecule has 0 aromatic heterocycles. The normalized spacial score (nSPS) is 30.1. The topological polar surface area (TPSA) is 16.6 Å². The average Bonchev–Trinajstić information content (AvgIpc) is 2.48. The third-order valence-electron chi connectivity index (χ3n) is 4.14. The minimum absolute atomic E-state index is 0.845. The number of hydrogen-bond donors (Lipinski definition) is 1. The summed E-state index contributed by atoms with van der Waals surface area (Å²) in [7, 11) is 0. The van der Waals surface area contributed by atoms with E-state index in [1.165, 1.54) is 38.6 Å². The van der Waals surface area contributed by atoms with Crippen molar-refractivity contribution in [3.63, 3.8) is 0 Å². The lowest BCUT2D eigenvalue weighted by atomic mass is 9.83. The van der Waals surface area contributed by atoms with Crippen molar-refractivity contribution in [2.45, 2.75) is 44.1 Å². The van der Waals surface area contributed by atoms with E-state index in [1.807, 2.05) is 0 Å². The number of nitrogens with two attached hydrogens (primary N) is 1. The zero-order valence-electron chi connectivity index (χ0n) is 9.28. The maximum Gasteiger partial charge on any atom is 0.0928 e. The van der Waals surface area contributed by atoms with E-state index >= 15 is 0 Å². The summed E-state index contributed by atoms with van der Waals surface area (Å²) >= 11 is 0. The van der Waals surface area contributed by atoms with E-state index in [0.717, 1.165) is 12.0 Å². The van der Waals surface area contributed by atoms with Gasteiger partial charge in [0.15, 0.2) is 0 Å². The maximum atomic E-state index is 2.59. The second-order valence-electron chi connectivity index (χ2n) is 5.03. The molecule has 1 aromatic carbocycles.